The van der Waals surface area contributed by atoms with Crippen molar-refractivity contribution in [3.05, 3.63) is 40.7 Å². The molecule has 3 heterocycles. The van der Waals surface area contributed by atoms with Crippen LogP contribution in [-0.2, 0) is 7.05 Å². The molecular weight excluding hydrogens is 296 g/mol. The number of amides is 1. The number of nitrogens with zero attached hydrogens (tertiary/aromatic N) is 4. The van der Waals surface area contributed by atoms with Gasteiger partial charge >= 0.3 is 0 Å². The number of nitrogens with one attached hydrogen (secondary N) is 2. The third-order valence-corrected chi connectivity index (χ3v) is 4.11. The summed E-state index contributed by atoms with van der Waals surface area (Å²) in [4.78, 5) is 32.3. The van der Waals surface area contributed by atoms with Gasteiger partial charge in [0.1, 0.15) is 11.5 Å². The van der Waals surface area contributed by atoms with Crippen LogP contribution in [0.2, 0.25) is 0 Å². The Morgan fingerprint density at radius 2 is 2.30 bits per heavy atom. The number of carbonyl (C=O) groups is 1. The lowest BCUT2D eigenvalue weighted by molar-refractivity contribution is 0.0945. The standard InChI is InChI=1S/C15H20N6O2/c1-20-14(22)6-5-13(19-20)21-7-3-2-4-11(21)8-17-15(23)12-9-16-10-18-12/h5-6,9-11H,2-4,7-8H2,1H3,(H,16,18)(H,17,23). The summed E-state index contributed by atoms with van der Waals surface area (Å²) >= 11 is 0. The second kappa shape index (κ2) is 6.64. The molecule has 0 bridgehead atoms. The van der Waals surface area contributed by atoms with Gasteiger partial charge in [0.15, 0.2) is 0 Å². The zero-order chi connectivity index (χ0) is 16.2. The molecule has 1 fully saturated rings. The number of anilines is 1. The first-order valence-corrected chi connectivity index (χ1v) is 7.73. The average Bonchev–Trinajstić information content (AvgIpc) is 3.10. The zero-order valence-electron chi connectivity index (χ0n) is 13.0. The first-order chi connectivity index (χ1) is 11.1. The Morgan fingerprint density at radius 3 is 3.04 bits per heavy atom. The molecule has 2 aromatic rings. The minimum Gasteiger partial charge on any atom is -0.350 e. The minimum atomic E-state index is -0.165. The van der Waals surface area contributed by atoms with Crippen molar-refractivity contribution in [1.82, 2.24) is 25.1 Å². The summed E-state index contributed by atoms with van der Waals surface area (Å²) in [5.41, 5.74) is 0.322. The second-order valence-electron chi connectivity index (χ2n) is 5.67. The van der Waals surface area contributed by atoms with Gasteiger partial charge in [0.05, 0.1) is 12.5 Å². The lowest BCUT2D eigenvalue weighted by atomic mass is 10.0. The van der Waals surface area contributed by atoms with Gasteiger partial charge in [-0.3, -0.25) is 9.59 Å². The van der Waals surface area contributed by atoms with E-state index in [2.05, 4.69) is 25.3 Å². The van der Waals surface area contributed by atoms with Gasteiger partial charge in [-0.05, 0) is 25.3 Å². The molecule has 23 heavy (non-hydrogen) atoms. The highest BCUT2D eigenvalue weighted by Crippen LogP contribution is 2.21. The van der Waals surface area contributed by atoms with E-state index in [0.717, 1.165) is 31.6 Å². The third-order valence-electron chi connectivity index (χ3n) is 4.11. The smallest absolute Gasteiger partial charge is 0.269 e. The Labute approximate surface area is 133 Å². The quantitative estimate of drug-likeness (QED) is 0.845. The van der Waals surface area contributed by atoms with Crippen LogP contribution in [0, 0.1) is 0 Å². The van der Waals surface area contributed by atoms with E-state index < -0.39 is 0 Å². The zero-order valence-corrected chi connectivity index (χ0v) is 13.0. The van der Waals surface area contributed by atoms with Crippen LogP contribution in [0.3, 0.4) is 0 Å². The molecule has 0 aromatic carbocycles. The number of hydrogen-bond donors (Lipinski definition) is 2. The van der Waals surface area contributed by atoms with Gasteiger partial charge in [-0.2, -0.15) is 5.10 Å². The molecule has 8 heteroatoms. The van der Waals surface area contributed by atoms with Crippen molar-refractivity contribution in [2.24, 2.45) is 7.05 Å². The summed E-state index contributed by atoms with van der Waals surface area (Å²) in [6, 6.07) is 3.44. The van der Waals surface area contributed by atoms with Crippen molar-refractivity contribution < 1.29 is 4.79 Å². The molecule has 0 saturated carbocycles. The summed E-state index contributed by atoms with van der Waals surface area (Å²) in [7, 11) is 1.64. The van der Waals surface area contributed by atoms with Crippen molar-refractivity contribution in [1.29, 1.82) is 0 Å². The Morgan fingerprint density at radius 1 is 1.43 bits per heavy atom. The van der Waals surface area contributed by atoms with Crippen molar-refractivity contribution >= 4 is 11.7 Å². The summed E-state index contributed by atoms with van der Waals surface area (Å²) in [6.45, 7) is 1.40. The van der Waals surface area contributed by atoms with Crippen LogP contribution in [0.4, 0.5) is 5.82 Å². The molecule has 2 aromatic heterocycles. The van der Waals surface area contributed by atoms with E-state index in [1.54, 1.807) is 13.1 Å². The highest BCUT2D eigenvalue weighted by atomic mass is 16.2. The molecule has 1 unspecified atom stereocenters. The fraction of sp³-hybridized carbons (Fsp3) is 0.467. The highest BCUT2D eigenvalue weighted by Gasteiger charge is 2.24. The topological polar surface area (TPSA) is 95.9 Å². The molecule has 0 spiro atoms. The summed E-state index contributed by atoms with van der Waals surface area (Å²) in [5.74, 6) is 0.606. The lowest BCUT2D eigenvalue weighted by Gasteiger charge is -2.36. The summed E-state index contributed by atoms with van der Waals surface area (Å²) in [5, 5.41) is 7.26. The Bertz CT molecular complexity index is 724. The largest absolute Gasteiger partial charge is 0.350 e. The van der Waals surface area contributed by atoms with E-state index in [-0.39, 0.29) is 17.5 Å². The molecule has 0 radical (unpaired) electrons. The molecule has 1 atom stereocenters. The fourth-order valence-electron chi connectivity index (χ4n) is 2.84. The summed E-state index contributed by atoms with van der Waals surface area (Å²) < 4.78 is 1.34. The third kappa shape index (κ3) is 3.41. The van der Waals surface area contributed by atoms with Gasteiger partial charge in [-0.15, -0.1) is 0 Å². The van der Waals surface area contributed by atoms with Gasteiger partial charge in [0.25, 0.3) is 11.5 Å². The molecule has 3 rings (SSSR count). The molecule has 2 N–H and O–H groups in total. The number of hydrogen-bond acceptors (Lipinski definition) is 5. The predicted octanol–water partition coefficient (Wildman–Crippen LogP) is 0.292. The minimum absolute atomic E-state index is 0.130. The molecule has 1 aliphatic heterocycles. The highest BCUT2D eigenvalue weighted by molar-refractivity contribution is 5.91. The van der Waals surface area contributed by atoms with Crippen LogP contribution in [0.5, 0.6) is 0 Å². The molecule has 122 valence electrons. The number of aryl methyl sites for hydroxylation is 1. The molecule has 0 aliphatic carbocycles. The van der Waals surface area contributed by atoms with Crippen molar-refractivity contribution in [2.45, 2.75) is 25.3 Å². The average molecular weight is 316 g/mol. The number of rotatable bonds is 4. The van der Waals surface area contributed by atoms with E-state index in [9.17, 15) is 9.59 Å². The van der Waals surface area contributed by atoms with Crippen LogP contribution >= 0.6 is 0 Å². The Kier molecular flexibility index (Phi) is 4.40. The molecular formula is C15H20N6O2. The van der Waals surface area contributed by atoms with E-state index in [0.29, 0.717) is 12.2 Å². The first kappa shape index (κ1) is 15.3. The normalized spacial score (nSPS) is 18.0. The van der Waals surface area contributed by atoms with Gasteiger partial charge in [0.2, 0.25) is 0 Å². The van der Waals surface area contributed by atoms with E-state index in [1.807, 2.05) is 0 Å². The van der Waals surface area contributed by atoms with Crippen LogP contribution in [0.25, 0.3) is 0 Å². The van der Waals surface area contributed by atoms with Gasteiger partial charge in [-0.25, -0.2) is 9.67 Å². The SMILES string of the molecule is Cn1nc(N2CCCCC2CNC(=O)c2cnc[nH]2)ccc1=O. The van der Waals surface area contributed by atoms with Gasteiger partial charge < -0.3 is 15.2 Å². The number of piperidine rings is 1. The predicted molar refractivity (Wildman–Crippen MR) is 85.4 cm³/mol. The Balaban J connectivity index is 1.70. The maximum atomic E-state index is 12.0. The monoisotopic (exact) mass is 316 g/mol. The maximum absolute atomic E-state index is 12.0. The summed E-state index contributed by atoms with van der Waals surface area (Å²) in [6.07, 6.45) is 6.16. The Hall–Kier alpha value is -2.64. The van der Waals surface area contributed by atoms with Gasteiger partial charge in [-0.1, -0.05) is 0 Å². The number of carbonyl (C=O) groups excluding carboxylic acids is 1. The van der Waals surface area contributed by atoms with Crippen LogP contribution < -0.4 is 15.8 Å². The van der Waals surface area contributed by atoms with Gasteiger partial charge in [0, 0.05) is 32.2 Å². The second-order valence-corrected chi connectivity index (χ2v) is 5.67. The van der Waals surface area contributed by atoms with Crippen LogP contribution in [0.1, 0.15) is 29.8 Å². The number of aromatic nitrogens is 4. The first-order valence-electron chi connectivity index (χ1n) is 7.73. The molecule has 8 nitrogen and oxygen atoms in total. The molecule has 1 aliphatic rings. The van der Waals surface area contributed by atoms with Crippen molar-refractivity contribution in [2.75, 3.05) is 18.0 Å². The number of H-pyrrole nitrogens is 1. The lowest BCUT2D eigenvalue weighted by Crippen LogP contribution is -2.47. The molecule has 1 amide bonds. The van der Waals surface area contributed by atoms with E-state index in [4.69, 9.17) is 0 Å². The van der Waals surface area contributed by atoms with Crippen LogP contribution in [-0.4, -0.2) is 44.8 Å². The molecule has 1 saturated heterocycles. The van der Waals surface area contributed by atoms with Crippen molar-refractivity contribution in [3.8, 4) is 0 Å². The number of aromatic amines is 1. The van der Waals surface area contributed by atoms with Crippen molar-refractivity contribution in [3.63, 3.8) is 0 Å². The number of imidazole rings is 1. The maximum Gasteiger partial charge on any atom is 0.269 e. The van der Waals surface area contributed by atoms with E-state index >= 15 is 0 Å². The van der Waals surface area contributed by atoms with E-state index in [1.165, 1.54) is 23.3 Å². The fourth-order valence-corrected chi connectivity index (χ4v) is 2.84. The van der Waals surface area contributed by atoms with Crippen LogP contribution in [0.15, 0.2) is 29.5 Å².